The Balaban J connectivity index is 0.00000320. The zero-order valence-corrected chi connectivity index (χ0v) is 20.1. The minimum absolute atomic E-state index is 0. The highest BCUT2D eigenvalue weighted by Crippen LogP contribution is 2.19. The van der Waals surface area contributed by atoms with E-state index in [0.29, 0.717) is 12.4 Å². The van der Waals surface area contributed by atoms with Gasteiger partial charge in [-0.05, 0) is 37.0 Å². The summed E-state index contributed by atoms with van der Waals surface area (Å²) >= 11 is 0. The van der Waals surface area contributed by atoms with E-state index < -0.39 is 0 Å². The molecule has 0 aliphatic carbocycles. The summed E-state index contributed by atoms with van der Waals surface area (Å²) in [6.45, 7) is 5.81. The normalized spacial score (nSPS) is 16.3. The van der Waals surface area contributed by atoms with Crippen molar-refractivity contribution in [3.05, 3.63) is 35.7 Å². The first kappa shape index (κ1) is 24.5. The van der Waals surface area contributed by atoms with Crippen LogP contribution >= 0.6 is 24.0 Å². The molecule has 0 saturated carbocycles. The molecule has 1 saturated heterocycles. The molecule has 2 aromatic rings. The standard InChI is InChI=1S/C21H31N5O3.HI/c1-3-6-19-25-20(29-26-19)17-8-4-7-16(13-17)14-24-21(22-2)23-10-5-11-28-18-9-12-27-15-18;/h4,7-8,13,18H,3,5-6,9-12,14-15H2,1-2H3,(H2,22,23,24);1H. The fraction of sp³-hybridized carbons (Fsp3) is 0.571. The molecule has 0 amide bonds. The highest BCUT2D eigenvalue weighted by Gasteiger charge is 2.15. The van der Waals surface area contributed by atoms with Gasteiger partial charge in [0.25, 0.3) is 5.89 Å². The SMILES string of the molecule is CCCc1noc(-c2cccc(CNC(=NC)NCCCOC3CCOC3)c2)n1.I. The first-order valence-corrected chi connectivity index (χ1v) is 10.3. The molecule has 1 fully saturated rings. The van der Waals surface area contributed by atoms with Gasteiger partial charge < -0.3 is 24.6 Å². The van der Waals surface area contributed by atoms with Crippen molar-refractivity contribution < 1.29 is 14.0 Å². The summed E-state index contributed by atoms with van der Waals surface area (Å²) in [5, 5.41) is 10.7. The number of nitrogens with zero attached hydrogens (tertiary/aromatic N) is 3. The van der Waals surface area contributed by atoms with Crippen molar-refractivity contribution in [1.82, 2.24) is 20.8 Å². The first-order chi connectivity index (χ1) is 14.3. The Morgan fingerprint density at radius 1 is 1.33 bits per heavy atom. The van der Waals surface area contributed by atoms with Crippen LogP contribution in [0.3, 0.4) is 0 Å². The number of aromatic nitrogens is 2. The maximum Gasteiger partial charge on any atom is 0.257 e. The lowest BCUT2D eigenvalue weighted by atomic mass is 10.1. The molecule has 1 aliphatic heterocycles. The number of hydrogen-bond acceptors (Lipinski definition) is 6. The molecule has 0 bridgehead atoms. The minimum atomic E-state index is 0. The van der Waals surface area contributed by atoms with Gasteiger partial charge in [0, 0.05) is 45.3 Å². The number of rotatable bonds is 10. The predicted octanol–water partition coefficient (Wildman–Crippen LogP) is 3.17. The smallest absolute Gasteiger partial charge is 0.257 e. The van der Waals surface area contributed by atoms with E-state index >= 15 is 0 Å². The highest BCUT2D eigenvalue weighted by atomic mass is 127. The fourth-order valence-corrected chi connectivity index (χ4v) is 3.09. The van der Waals surface area contributed by atoms with Gasteiger partial charge in [-0.3, -0.25) is 4.99 Å². The molecule has 1 atom stereocenters. The van der Waals surface area contributed by atoms with Crippen LogP contribution in [-0.4, -0.2) is 55.6 Å². The summed E-state index contributed by atoms with van der Waals surface area (Å²) in [5.41, 5.74) is 2.04. The molecular formula is C21H32IN5O3. The molecule has 9 heteroatoms. The van der Waals surface area contributed by atoms with Crippen LogP contribution in [0.2, 0.25) is 0 Å². The Labute approximate surface area is 195 Å². The van der Waals surface area contributed by atoms with Crippen LogP contribution in [0.1, 0.15) is 37.6 Å². The molecular weight excluding hydrogens is 497 g/mol. The summed E-state index contributed by atoms with van der Waals surface area (Å²) in [4.78, 5) is 8.73. The van der Waals surface area contributed by atoms with Crippen LogP contribution in [0.15, 0.2) is 33.8 Å². The number of hydrogen-bond donors (Lipinski definition) is 2. The first-order valence-electron chi connectivity index (χ1n) is 10.3. The number of aliphatic imine (C=N–C) groups is 1. The number of ether oxygens (including phenoxy) is 2. The lowest BCUT2D eigenvalue weighted by Crippen LogP contribution is -2.37. The summed E-state index contributed by atoms with van der Waals surface area (Å²) in [6.07, 6.45) is 4.00. The van der Waals surface area contributed by atoms with Gasteiger partial charge in [-0.1, -0.05) is 24.2 Å². The number of aryl methyl sites for hydroxylation is 1. The van der Waals surface area contributed by atoms with Crippen LogP contribution in [0.4, 0.5) is 0 Å². The molecule has 0 radical (unpaired) electrons. The van der Waals surface area contributed by atoms with Gasteiger partial charge in [0.15, 0.2) is 11.8 Å². The molecule has 166 valence electrons. The average molecular weight is 529 g/mol. The third-order valence-electron chi connectivity index (χ3n) is 4.65. The molecule has 2 N–H and O–H groups in total. The molecule has 1 unspecified atom stereocenters. The van der Waals surface area contributed by atoms with Crippen LogP contribution in [0, 0.1) is 0 Å². The van der Waals surface area contributed by atoms with Gasteiger partial charge in [-0.25, -0.2) is 0 Å². The van der Waals surface area contributed by atoms with E-state index in [1.54, 1.807) is 7.05 Å². The average Bonchev–Trinajstić information content (AvgIpc) is 3.43. The number of halogens is 1. The Bertz CT molecular complexity index is 778. The Kier molecular flexibility index (Phi) is 11.1. The Hall–Kier alpha value is -1.72. The molecule has 1 aromatic carbocycles. The highest BCUT2D eigenvalue weighted by molar-refractivity contribution is 14.0. The van der Waals surface area contributed by atoms with Gasteiger partial charge >= 0.3 is 0 Å². The van der Waals surface area contributed by atoms with Crippen molar-refractivity contribution in [2.24, 2.45) is 4.99 Å². The maximum atomic E-state index is 5.77. The van der Waals surface area contributed by atoms with Crippen LogP contribution in [0.25, 0.3) is 11.5 Å². The van der Waals surface area contributed by atoms with Crippen molar-refractivity contribution >= 4 is 29.9 Å². The van der Waals surface area contributed by atoms with Crippen molar-refractivity contribution in [2.75, 3.05) is 33.4 Å². The molecule has 30 heavy (non-hydrogen) atoms. The number of guanidine groups is 1. The second-order valence-corrected chi connectivity index (χ2v) is 7.03. The number of benzene rings is 1. The molecule has 0 spiro atoms. The maximum absolute atomic E-state index is 5.77. The van der Waals surface area contributed by atoms with E-state index in [9.17, 15) is 0 Å². The zero-order valence-electron chi connectivity index (χ0n) is 17.7. The molecule has 1 aliphatic rings. The van der Waals surface area contributed by atoms with E-state index in [1.165, 1.54) is 0 Å². The second kappa shape index (κ2) is 13.6. The summed E-state index contributed by atoms with van der Waals surface area (Å²) in [5.74, 6) is 2.08. The van der Waals surface area contributed by atoms with E-state index in [0.717, 1.165) is 75.0 Å². The van der Waals surface area contributed by atoms with Crippen LogP contribution < -0.4 is 10.6 Å². The van der Waals surface area contributed by atoms with Gasteiger partial charge in [0.1, 0.15) is 0 Å². The molecule has 1 aromatic heterocycles. The zero-order chi connectivity index (χ0) is 20.3. The lowest BCUT2D eigenvalue weighted by molar-refractivity contribution is 0.0420. The molecule has 2 heterocycles. The van der Waals surface area contributed by atoms with Crippen molar-refractivity contribution in [2.45, 2.75) is 45.3 Å². The molecule has 8 nitrogen and oxygen atoms in total. The topological polar surface area (TPSA) is 93.8 Å². The third-order valence-corrected chi connectivity index (χ3v) is 4.65. The minimum Gasteiger partial charge on any atom is -0.379 e. The van der Waals surface area contributed by atoms with Crippen molar-refractivity contribution in [1.29, 1.82) is 0 Å². The van der Waals surface area contributed by atoms with Crippen LogP contribution in [0.5, 0.6) is 0 Å². The van der Waals surface area contributed by atoms with E-state index in [1.807, 2.05) is 12.1 Å². The van der Waals surface area contributed by atoms with E-state index in [2.05, 4.69) is 44.8 Å². The quantitative estimate of drug-likeness (QED) is 0.211. The van der Waals surface area contributed by atoms with Gasteiger partial charge in [0.05, 0.1) is 12.7 Å². The molecule has 3 rings (SSSR count). The summed E-state index contributed by atoms with van der Waals surface area (Å²) < 4.78 is 16.5. The Morgan fingerprint density at radius 3 is 3.00 bits per heavy atom. The van der Waals surface area contributed by atoms with Crippen LogP contribution in [-0.2, 0) is 22.4 Å². The largest absolute Gasteiger partial charge is 0.379 e. The third kappa shape index (κ3) is 7.84. The van der Waals surface area contributed by atoms with Crippen molar-refractivity contribution in [3.8, 4) is 11.5 Å². The monoisotopic (exact) mass is 529 g/mol. The van der Waals surface area contributed by atoms with Gasteiger partial charge in [-0.15, -0.1) is 24.0 Å². The predicted molar refractivity (Wildman–Crippen MR) is 127 cm³/mol. The second-order valence-electron chi connectivity index (χ2n) is 7.03. The summed E-state index contributed by atoms with van der Waals surface area (Å²) in [7, 11) is 1.77. The van der Waals surface area contributed by atoms with E-state index in [-0.39, 0.29) is 30.1 Å². The number of nitrogens with one attached hydrogen (secondary N) is 2. The van der Waals surface area contributed by atoms with E-state index in [4.69, 9.17) is 14.0 Å². The van der Waals surface area contributed by atoms with Gasteiger partial charge in [-0.2, -0.15) is 4.98 Å². The lowest BCUT2D eigenvalue weighted by Gasteiger charge is -2.13. The van der Waals surface area contributed by atoms with Gasteiger partial charge in [0.2, 0.25) is 0 Å². The summed E-state index contributed by atoms with van der Waals surface area (Å²) in [6, 6.07) is 8.09. The Morgan fingerprint density at radius 2 is 2.23 bits per heavy atom. The van der Waals surface area contributed by atoms with Crippen molar-refractivity contribution in [3.63, 3.8) is 0 Å². The fourth-order valence-electron chi connectivity index (χ4n) is 3.09.